The third kappa shape index (κ3) is 4.78. The van der Waals surface area contributed by atoms with Gasteiger partial charge >= 0.3 is 5.97 Å². The van der Waals surface area contributed by atoms with Crippen molar-refractivity contribution in [2.75, 3.05) is 22.8 Å². The lowest BCUT2D eigenvalue weighted by Crippen LogP contribution is -2.20. The molecule has 0 saturated carbocycles. The molecule has 0 aliphatic rings. The summed E-state index contributed by atoms with van der Waals surface area (Å²) in [5, 5.41) is 8.69. The lowest BCUT2D eigenvalue weighted by Gasteiger charge is -2.10. The third-order valence-corrected chi connectivity index (χ3v) is 3.60. The first-order chi connectivity index (χ1) is 9.38. The number of nitrogens with two attached hydrogens (primary N) is 1. The third-order valence-electron chi connectivity index (χ3n) is 2.33. The molecule has 0 heterocycles. The van der Waals surface area contributed by atoms with Crippen LogP contribution in [-0.4, -0.2) is 26.7 Å². The Balaban J connectivity index is 2.72. The Morgan fingerprint density at radius 1 is 1.50 bits per heavy atom. The summed E-state index contributed by atoms with van der Waals surface area (Å²) in [6.45, 7) is 1.84. The minimum absolute atomic E-state index is 0.142. The average molecular weight is 297 g/mol. The van der Waals surface area contributed by atoms with Gasteiger partial charge in [0.05, 0.1) is 41.8 Å². The Bertz CT molecular complexity index is 635. The van der Waals surface area contributed by atoms with Gasteiger partial charge in [0.1, 0.15) is 0 Å². The molecule has 0 radical (unpaired) electrons. The van der Waals surface area contributed by atoms with Gasteiger partial charge in [-0.2, -0.15) is 5.26 Å². The zero-order valence-electron chi connectivity index (χ0n) is 10.9. The van der Waals surface area contributed by atoms with Crippen molar-refractivity contribution in [3.05, 3.63) is 23.8 Å². The number of carbonyl (C=O) groups is 1. The molecule has 3 N–H and O–H groups in total. The van der Waals surface area contributed by atoms with Gasteiger partial charge in [-0.05, 0) is 25.1 Å². The van der Waals surface area contributed by atoms with Gasteiger partial charge in [-0.1, -0.05) is 0 Å². The summed E-state index contributed by atoms with van der Waals surface area (Å²) in [7, 11) is -3.70. The fraction of sp³-hybridized carbons (Fsp3) is 0.333. The van der Waals surface area contributed by atoms with Crippen LogP contribution in [0.4, 0.5) is 11.4 Å². The Labute approximate surface area is 117 Å². The van der Waals surface area contributed by atoms with Crippen molar-refractivity contribution in [1.82, 2.24) is 0 Å². The van der Waals surface area contributed by atoms with Gasteiger partial charge in [0.2, 0.25) is 10.0 Å². The highest BCUT2D eigenvalue weighted by molar-refractivity contribution is 7.92. The van der Waals surface area contributed by atoms with Crippen LogP contribution in [0.3, 0.4) is 0 Å². The SMILES string of the molecule is CCOC(=O)CCS(=O)(=O)Nc1ccc(C#N)cc1N. The molecule has 0 spiro atoms. The zero-order chi connectivity index (χ0) is 15.2. The maximum atomic E-state index is 11.8. The van der Waals surface area contributed by atoms with Crippen molar-refractivity contribution in [2.45, 2.75) is 13.3 Å². The topological polar surface area (TPSA) is 122 Å². The number of rotatable bonds is 6. The van der Waals surface area contributed by atoms with Gasteiger partial charge in [0.25, 0.3) is 0 Å². The molecule has 108 valence electrons. The summed E-state index contributed by atoms with van der Waals surface area (Å²) in [6.07, 6.45) is -0.237. The van der Waals surface area contributed by atoms with E-state index in [-0.39, 0.29) is 24.4 Å². The molecular formula is C12H15N3O4S. The van der Waals surface area contributed by atoms with E-state index in [1.54, 1.807) is 6.92 Å². The predicted octanol–water partition coefficient (Wildman–Crippen LogP) is 0.835. The number of hydrogen-bond acceptors (Lipinski definition) is 6. The molecule has 0 amide bonds. The summed E-state index contributed by atoms with van der Waals surface area (Å²) in [4.78, 5) is 11.1. The molecule has 7 nitrogen and oxygen atoms in total. The number of esters is 1. The number of nitrogens with zero attached hydrogens (tertiary/aromatic N) is 1. The number of ether oxygens (including phenoxy) is 1. The normalized spacial score (nSPS) is 10.6. The smallest absolute Gasteiger partial charge is 0.306 e. The molecule has 0 atom stereocenters. The number of carbonyl (C=O) groups excluding carboxylic acids is 1. The van der Waals surface area contributed by atoms with Crippen LogP contribution in [0.5, 0.6) is 0 Å². The van der Waals surface area contributed by atoms with Crippen LogP contribution in [0.1, 0.15) is 18.9 Å². The van der Waals surface area contributed by atoms with E-state index in [0.29, 0.717) is 5.56 Å². The van der Waals surface area contributed by atoms with E-state index in [9.17, 15) is 13.2 Å². The van der Waals surface area contributed by atoms with E-state index in [2.05, 4.69) is 9.46 Å². The van der Waals surface area contributed by atoms with Gasteiger partial charge in [0.15, 0.2) is 0 Å². The van der Waals surface area contributed by atoms with E-state index in [1.165, 1.54) is 18.2 Å². The van der Waals surface area contributed by atoms with Crippen molar-refractivity contribution < 1.29 is 17.9 Å². The molecule has 20 heavy (non-hydrogen) atoms. The number of sulfonamides is 1. The van der Waals surface area contributed by atoms with Crippen LogP contribution in [0.2, 0.25) is 0 Å². The largest absolute Gasteiger partial charge is 0.466 e. The number of nitriles is 1. The highest BCUT2D eigenvalue weighted by Crippen LogP contribution is 2.20. The predicted molar refractivity (Wildman–Crippen MR) is 74.2 cm³/mol. The number of benzene rings is 1. The van der Waals surface area contributed by atoms with Crippen LogP contribution in [-0.2, 0) is 19.6 Å². The molecule has 0 aromatic heterocycles. The summed E-state index contributed by atoms with van der Waals surface area (Å²) < 4.78 is 30.5. The maximum absolute atomic E-state index is 11.8. The summed E-state index contributed by atoms with van der Waals surface area (Å²) >= 11 is 0. The summed E-state index contributed by atoms with van der Waals surface area (Å²) in [6, 6.07) is 6.10. The van der Waals surface area contributed by atoms with Crippen molar-refractivity contribution in [2.24, 2.45) is 0 Å². The van der Waals surface area contributed by atoms with Gasteiger partial charge < -0.3 is 10.5 Å². The van der Waals surface area contributed by atoms with E-state index in [0.717, 1.165) is 0 Å². The van der Waals surface area contributed by atoms with Crippen LogP contribution in [0, 0.1) is 11.3 Å². The van der Waals surface area contributed by atoms with Crippen molar-refractivity contribution >= 4 is 27.4 Å². The molecule has 0 aliphatic carbocycles. The maximum Gasteiger partial charge on any atom is 0.306 e. The van der Waals surface area contributed by atoms with Crippen LogP contribution in [0.15, 0.2) is 18.2 Å². The molecular weight excluding hydrogens is 282 g/mol. The lowest BCUT2D eigenvalue weighted by molar-refractivity contribution is -0.142. The van der Waals surface area contributed by atoms with Crippen LogP contribution in [0.25, 0.3) is 0 Å². The van der Waals surface area contributed by atoms with Gasteiger partial charge in [-0.25, -0.2) is 8.42 Å². The second-order valence-electron chi connectivity index (χ2n) is 3.89. The van der Waals surface area contributed by atoms with E-state index in [1.807, 2.05) is 6.07 Å². The first-order valence-corrected chi connectivity index (χ1v) is 7.49. The first-order valence-electron chi connectivity index (χ1n) is 5.83. The molecule has 1 aromatic carbocycles. The fourth-order valence-corrected chi connectivity index (χ4v) is 2.45. The quantitative estimate of drug-likeness (QED) is 0.592. The minimum Gasteiger partial charge on any atom is -0.466 e. The minimum atomic E-state index is -3.70. The molecule has 8 heteroatoms. The summed E-state index contributed by atoms with van der Waals surface area (Å²) in [5.41, 5.74) is 6.28. The van der Waals surface area contributed by atoms with E-state index >= 15 is 0 Å². The monoisotopic (exact) mass is 297 g/mol. The second kappa shape index (κ2) is 6.77. The van der Waals surface area contributed by atoms with Crippen molar-refractivity contribution in [3.63, 3.8) is 0 Å². The Kier molecular flexibility index (Phi) is 5.34. The lowest BCUT2D eigenvalue weighted by atomic mass is 10.2. The van der Waals surface area contributed by atoms with E-state index < -0.39 is 21.7 Å². The average Bonchev–Trinajstić information content (AvgIpc) is 2.39. The fourth-order valence-electron chi connectivity index (χ4n) is 1.39. The van der Waals surface area contributed by atoms with E-state index in [4.69, 9.17) is 11.0 Å². The van der Waals surface area contributed by atoms with Gasteiger partial charge in [-0.15, -0.1) is 0 Å². The second-order valence-corrected chi connectivity index (χ2v) is 5.73. The van der Waals surface area contributed by atoms with Gasteiger partial charge in [0, 0.05) is 0 Å². The molecule has 1 aromatic rings. The molecule has 1 rings (SSSR count). The van der Waals surface area contributed by atoms with Gasteiger partial charge in [-0.3, -0.25) is 9.52 Å². The number of nitrogens with one attached hydrogen (secondary N) is 1. The highest BCUT2D eigenvalue weighted by Gasteiger charge is 2.15. The van der Waals surface area contributed by atoms with Crippen LogP contribution >= 0.6 is 0 Å². The van der Waals surface area contributed by atoms with Crippen LogP contribution < -0.4 is 10.5 Å². The molecule has 0 bridgehead atoms. The molecule has 0 unspecified atom stereocenters. The Morgan fingerprint density at radius 2 is 2.20 bits per heavy atom. The standard InChI is InChI=1S/C12H15N3O4S/c1-2-19-12(16)5-6-20(17,18)15-11-4-3-9(8-13)7-10(11)14/h3-4,7,15H,2,5-6,14H2,1H3. The Morgan fingerprint density at radius 3 is 2.75 bits per heavy atom. The summed E-state index contributed by atoms with van der Waals surface area (Å²) in [5.74, 6) is -0.976. The zero-order valence-corrected chi connectivity index (χ0v) is 11.7. The van der Waals surface area contributed by atoms with Crippen molar-refractivity contribution in [3.8, 4) is 6.07 Å². The first kappa shape index (κ1) is 15.8. The molecule has 0 aliphatic heterocycles. The number of hydrogen-bond donors (Lipinski definition) is 2. The Hall–Kier alpha value is -2.27. The highest BCUT2D eigenvalue weighted by atomic mass is 32.2. The molecule has 0 saturated heterocycles. The number of anilines is 2. The van der Waals surface area contributed by atoms with Crippen molar-refractivity contribution in [1.29, 1.82) is 5.26 Å². The molecule has 0 fully saturated rings. The number of nitrogen functional groups attached to an aromatic ring is 1.